The predicted octanol–water partition coefficient (Wildman–Crippen LogP) is 2.52. The normalized spacial score (nSPS) is 15.0. The topological polar surface area (TPSA) is 42.8 Å². The van der Waals surface area contributed by atoms with E-state index in [1.165, 1.54) is 37.9 Å². The van der Waals surface area contributed by atoms with Gasteiger partial charge in [-0.05, 0) is 49.6 Å². The van der Waals surface area contributed by atoms with Crippen LogP contribution >= 0.6 is 0 Å². The van der Waals surface area contributed by atoms with Crippen LogP contribution in [0, 0.1) is 0 Å². The van der Waals surface area contributed by atoms with Crippen LogP contribution in [0.15, 0.2) is 48.5 Å². The lowest BCUT2D eigenvalue weighted by Crippen LogP contribution is -3.11. The number of likely N-dealkylation sites (tertiary alicyclic amines) is 1. The number of quaternary nitrogens is 1. The molecule has 2 N–H and O–H groups in total. The van der Waals surface area contributed by atoms with E-state index < -0.39 is 0 Å². The van der Waals surface area contributed by atoms with Crippen molar-refractivity contribution >= 4 is 11.6 Å². The predicted molar refractivity (Wildman–Crippen MR) is 95.6 cm³/mol. The van der Waals surface area contributed by atoms with Crippen molar-refractivity contribution in [2.24, 2.45) is 0 Å². The van der Waals surface area contributed by atoms with Crippen LogP contribution in [-0.2, 0) is 6.54 Å². The summed E-state index contributed by atoms with van der Waals surface area (Å²) in [6.07, 6.45) is 4.05. The first-order valence-corrected chi connectivity index (χ1v) is 8.62. The molecule has 0 aliphatic carbocycles. The van der Waals surface area contributed by atoms with Gasteiger partial charge in [0.1, 0.15) is 12.3 Å². The molecule has 1 aliphatic rings. The van der Waals surface area contributed by atoms with Crippen LogP contribution in [0.5, 0.6) is 5.75 Å². The summed E-state index contributed by atoms with van der Waals surface area (Å²) in [5.74, 6) is 0.561. The Labute approximate surface area is 143 Å². The van der Waals surface area contributed by atoms with Gasteiger partial charge in [-0.1, -0.05) is 18.2 Å². The minimum Gasteiger partial charge on any atom is -0.497 e. The Bertz CT molecular complexity index is 676. The van der Waals surface area contributed by atoms with Gasteiger partial charge in [0, 0.05) is 16.8 Å². The highest BCUT2D eigenvalue weighted by Gasteiger charge is 2.14. The number of rotatable bonds is 5. The zero-order valence-electron chi connectivity index (χ0n) is 14.2. The highest BCUT2D eigenvalue weighted by molar-refractivity contribution is 6.04. The smallest absolute Gasteiger partial charge is 0.255 e. The van der Waals surface area contributed by atoms with Crippen molar-refractivity contribution < 1.29 is 14.4 Å². The summed E-state index contributed by atoms with van der Waals surface area (Å²) in [5.41, 5.74) is 2.74. The molecular formula is C20H25N2O2+. The van der Waals surface area contributed by atoms with Crippen molar-refractivity contribution in [2.45, 2.75) is 25.8 Å². The number of amides is 1. The largest absolute Gasteiger partial charge is 0.497 e. The molecule has 0 atom stereocenters. The molecule has 126 valence electrons. The van der Waals surface area contributed by atoms with Gasteiger partial charge in [-0.25, -0.2) is 0 Å². The molecule has 0 bridgehead atoms. The van der Waals surface area contributed by atoms with Gasteiger partial charge in [-0.3, -0.25) is 4.79 Å². The second kappa shape index (κ2) is 7.97. The van der Waals surface area contributed by atoms with E-state index in [4.69, 9.17) is 4.74 Å². The van der Waals surface area contributed by atoms with Gasteiger partial charge in [-0.2, -0.15) is 0 Å². The molecular weight excluding hydrogens is 300 g/mol. The maximum atomic E-state index is 12.3. The minimum atomic E-state index is -0.122. The van der Waals surface area contributed by atoms with Gasteiger partial charge >= 0.3 is 0 Å². The van der Waals surface area contributed by atoms with E-state index >= 15 is 0 Å². The van der Waals surface area contributed by atoms with Gasteiger partial charge in [0.05, 0.1) is 20.2 Å². The molecule has 1 heterocycles. The van der Waals surface area contributed by atoms with Crippen LogP contribution in [-0.4, -0.2) is 26.1 Å². The summed E-state index contributed by atoms with van der Waals surface area (Å²) in [6, 6.07) is 15.4. The van der Waals surface area contributed by atoms with Crippen molar-refractivity contribution in [1.29, 1.82) is 0 Å². The molecule has 2 aromatic rings. The summed E-state index contributed by atoms with van der Waals surface area (Å²) in [6.45, 7) is 3.62. The van der Waals surface area contributed by atoms with Crippen LogP contribution < -0.4 is 15.0 Å². The van der Waals surface area contributed by atoms with Gasteiger partial charge < -0.3 is 15.0 Å². The molecule has 1 amide bonds. The van der Waals surface area contributed by atoms with Crippen LogP contribution in [0.3, 0.4) is 0 Å². The number of piperidine rings is 1. The third kappa shape index (κ3) is 4.36. The minimum absolute atomic E-state index is 0.122. The molecule has 1 aliphatic heterocycles. The van der Waals surface area contributed by atoms with E-state index in [0.717, 1.165) is 12.2 Å². The maximum Gasteiger partial charge on any atom is 0.255 e. The first-order valence-electron chi connectivity index (χ1n) is 8.62. The number of carbonyl (C=O) groups excluding carboxylic acids is 1. The first kappa shape index (κ1) is 16.5. The molecule has 4 nitrogen and oxygen atoms in total. The number of carbonyl (C=O) groups is 1. The first-order chi connectivity index (χ1) is 11.7. The highest BCUT2D eigenvalue weighted by atomic mass is 16.5. The average molecular weight is 325 g/mol. The summed E-state index contributed by atoms with van der Waals surface area (Å²) in [7, 11) is 1.60. The molecule has 24 heavy (non-hydrogen) atoms. The molecule has 0 spiro atoms. The molecule has 1 fully saturated rings. The van der Waals surface area contributed by atoms with Crippen molar-refractivity contribution in [3.05, 3.63) is 59.7 Å². The number of hydrogen-bond donors (Lipinski definition) is 2. The van der Waals surface area contributed by atoms with Crippen molar-refractivity contribution in [3.8, 4) is 5.75 Å². The number of methoxy groups -OCH3 is 1. The fourth-order valence-corrected chi connectivity index (χ4v) is 3.19. The van der Waals surface area contributed by atoms with Gasteiger partial charge in [0.15, 0.2) is 0 Å². The SMILES string of the molecule is COc1cccc(C(=O)Nc2ccc(C[NH+]3CCCCC3)cc2)c1. The number of anilines is 1. The van der Waals surface area contributed by atoms with E-state index in [-0.39, 0.29) is 5.91 Å². The third-order valence-corrected chi connectivity index (χ3v) is 4.56. The monoisotopic (exact) mass is 325 g/mol. The van der Waals surface area contributed by atoms with Gasteiger partial charge in [0.2, 0.25) is 0 Å². The van der Waals surface area contributed by atoms with Crippen molar-refractivity contribution in [2.75, 3.05) is 25.5 Å². The van der Waals surface area contributed by atoms with E-state index in [0.29, 0.717) is 11.3 Å². The summed E-state index contributed by atoms with van der Waals surface area (Å²) in [5, 5.41) is 2.94. The lowest BCUT2D eigenvalue weighted by Gasteiger charge is -2.23. The molecule has 1 saturated heterocycles. The maximum absolute atomic E-state index is 12.3. The molecule has 0 radical (unpaired) electrons. The van der Waals surface area contributed by atoms with Crippen LogP contribution in [0.2, 0.25) is 0 Å². The number of ether oxygens (including phenoxy) is 1. The van der Waals surface area contributed by atoms with E-state index in [1.807, 2.05) is 24.3 Å². The average Bonchev–Trinajstić information content (AvgIpc) is 2.64. The number of hydrogen-bond acceptors (Lipinski definition) is 2. The second-order valence-corrected chi connectivity index (χ2v) is 6.37. The van der Waals surface area contributed by atoms with Crippen molar-refractivity contribution in [1.82, 2.24) is 0 Å². The van der Waals surface area contributed by atoms with E-state index in [1.54, 1.807) is 24.1 Å². The lowest BCUT2D eigenvalue weighted by molar-refractivity contribution is -0.918. The molecule has 4 heteroatoms. The van der Waals surface area contributed by atoms with Crippen LogP contribution in [0.4, 0.5) is 5.69 Å². The highest BCUT2D eigenvalue weighted by Crippen LogP contribution is 2.15. The Hall–Kier alpha value is -2.33. The Morgan fingerprint density at radius 2 is 1.83 bits per heavy atom. The zero-order chi connectivity index (χ0) is 16.8. The summed E-state index contributed by atoms with van der Waals surface area (Å²) in [4.78, 5) is 14.0. The fourth-order valence-electron chi connectivity index (χ4n) is 3.19. The Morgan fingerprint density at radius 1 is 1.08 bits per heavy atom. The second-order valence-electron chi connectivity index (χ2n) is 6.37. The fraction of sp³-hybridized carbons (Fsp3) is 0.350. The molecule has 0 unspecified atom stereocenters. The van der Waals surface area contributed by atoms with Crippen molar-refractivity contribution in [3.63, 3.8) is 0 Å². The Morgan fingerprint density at radius 3 is 2.54 bits per heavy atom. The van der Waals surface area contributed by atoms with Crippen LogP contribution in [0.1, 0.15) is 35.2 Å². The Balaban J connectivity index is 1.59. The Kier molecular flexibility index (Phi) is 5.49. The molecule has 2 aromatic carbocycles. The van der Waals surface area contributed by atoms with Gasteiger partial charge in [-0.15, -0.1) is 0 Å². The summed E-state index contributed by atoms with van der Waals surface area (Å²) >= 11 is 0. The molecule has 0 saturated carbocycles. The zero-order valence-corrected chi connectivity index (χ0v) is 14.2. The number of nitrogens with one attached hydrogen (secondary N) is 2. The lowest BCUT2D eigenvalue weighted by atomic mass is 10.1. The number of benzene rings is 2. The van der Waals surface area contributed by atoms with E-state index in [2.05, 4.69) is 17.4 Å². The molecule has 0 aromatic heterocycles. The quantitative estimate of drug-likeness (QED) is 0.887. The standard InChI is InChI=1S/C20H24N2O2/c1-24-19-7-5-6-17(14-19)20(23)21-18-10-8-16(9-11-18)15-22-12-3-2-4-13-22/h5-11,14H,2-4,12-13,15H2,1H3,(H,21,23)/p+1. The third-order valence-electron chi connectivity index (χ3n) is 4.56. The van der Waals surface area contributed by atoms with Gasteiger partial charge in [0.25, 0.3) is 5.91 Å². The summed E-state index contributed by atoms with van der Waals surface area (Å²) < 4.78 is 5.16. The molecule has 3 rings (SSSR count). The van der Waals surface area contributed by atoms with Crippen LogP contribution in [0.25, 0.3) is 0 Å². The van der Waals surface area contributed by atoms with E-state index in [9.17, 15) is 4.79 Å².